The Hall–Kier alpha value is -4.24. The zero-order valence-corrected chi connectivity index (χ0v) is 16.6. The molecule has 144 valence electrons. The van der Waals surface area contributed by atoms with Crippen LogP contribution >= 0.6 is 0 Å². The molecule has 6 heteroatoms. The number of nitrogens with one attached hydrogen (secondary N) is 1. The largest absolute Gasteiger partial charge is 0.312 e. The smallest absolute Gasteiger partial charge is 0.207 e. The molecule has 0 aliphatic carbocycles. The van der Waals surface area contributed by atoms with Crippen molar-refractivity contribution < 1.29 is 0 Å². The van der Waals surface area contributed by atoms with Crippen LogP contribution in [0.5, 0.6) is 0 Å². The molecule has 0 aliphatic rings. The van der Waals surface area contributed by atoms with Crippen LogP contribution in [0.2, 0.25) is 0 Å². The van der Waals surface area contributed by atoms with E-state index in [0.717, 1.165) is 44.4 Å². The van der Waals surface area contributed by atoms with Gasteiger partial charge in [-0.1, -0.05) is 18.2 Å². The van der Waals surface area contributed by atoms with Crippen molar-refractivity contribution >= 4 is 21.9 Å². The summed E-state index contributed by atoms with van der Waals surface area (Å²) >= 11 is 0. The van der Waals surface area contributed by atoms with Crippen LogP contribution in [0.3, 0.4) is 0 Å². The molecule has 0 fully saturated rings. The lowest BCUT2D eigenvalue weighted by Crippen LogP contribution is -2.21. The van der Waals surface area contributed by atoms with Gasteiger partial charge in [0.25, 0.3) is 0 Å². The Morgan fingerprint density at radius 3 is 2.67 bits per heavy atom. The summed E-state index contributed by atoms with van der Waals surface area (Å²) in [7, 11) is 1.86. The van der Waals surface area contributed by atoms with E-state index in [0.29, 0.717) is 11.2 Å². The van der Waals surface area contributed by atoms with Crippen LogP contribution in [0.15, 0.2) is 67.0 Å². The highest BCUT2D eigenvalue weighted by Gasteiger charge is 2.16. The van der Waals surface area contributed by atoms with E-state index in [1.54, 1.807) is 18.5 Å². The molecular formula is C24H18N6. The SMILES string of the molecule is Cc1ccc(C#N)cc1-n1c(=N)n(C)c2cnc3ccc(-c4ccccn4)cc3c21. The molecule has 2 aromatic carbocycles. The Morgan fingerprint density at radius 1 is 1.03 bits per heavy atom. The molecule has 0 atom stereocenters. The van der Waals surface area contributed by atoms with Gasteiger partial charge < -0.3 is 4.57 Å². The highest BCUT2D eigenvalue weighted by Crippen LogP contribution is 2.30. The first kappa shape index (κ1) is 17.8. The number of rotatable bonds is 2. The number of nitrogens with zero attached hydrogens (tertiary/aromatic N) is 5. The fraction of sp³-hybridized carbons (Fsp3) is 0.0833. The van der Waals surface area contributed by atoms with Gasteiger partial charge in [0.15, 0.2) is 0 Å². The molecule has 0 saturated carbocycles. The van der Waals surface area contributed by atoms with Gasteiger partial charge in [0.2, 0.25) is 5.62 Å². The van der Waals surface area contributed by atoms with Gasteiger partial charge in [-0.25, -0.2) is 0 Å². The second-order valence-corrected chi connectivity index (χ2v) is 7.27. The Balaban J connectivity index is 1.92. The molecule has 6 nitrogen and oxygen atoms in total. The van der Waals surface area contributed by atoms with Crippen molar-refractivity contribution in [3.05, 3.63) is 83.7 Å². The van der Waals surface area contributed by atoms with E-state index in [1.807, 2.05) is 65.6 Å². The summed E-state index contributed by atoms with van der Waals surface area (Å²) in [6, 6.07) is 19.7. The summed E-state index contributed by atoms with van der Waals surface area (Å²) < 4.78 is 3.71. The predicted molar refractivity (Wildman–Crippen MR) is 116 cm³/mol. The zero-order valence-electron chi connectivity index (χ0n) is 16.6. The lowest BCUT2D eigenvalue weighted by atomic mass is 10.1. The minimum absolute atomic E-state index is 0.320. The van der Waals surface area contributed by atoms with Crippen LogP contribution < -0.4 is 5.62 Å². The number of pyridine rings is 2. The van der Waals surface area contributed by atoms with Crippen molar-refractivity contribution in [1.82, 2.24) is 19.1 Å². The van der Waals surface area contributed by atoms with Crippen molar-refractivity contribution in [2.75, 3.05) is 0 Å². The number of aromatic nitrogens is 4. The number of benzene rings is 2. The molecule has 5 rings (SSSR count). The first-order valence-electron chi connectivity index (χ1n) is 9.56. The minimum atomic E-state index is 0.320. The summed E-state index contributed by atoms with van der Waals surface area (Å²) in [6.45, 7) is 1.99. The number of imidazole rings is 1. The Morgan fingerprint density at radius 2 is 1.90 bits per heavy atom. The fourth-order valence-electron chi connectivity index (χ4n) is 3.87. The van der Waals surface area contributed by atoms with Gasteiger partial charge in [0.05, 0.1) is 45.8 Å². The van der Waals surface area contributed by atoms with Crippen molar-refractivity contribution in [3.63, 3.8) is 0 Å². The van der Waals surface area contributed by atoms with E-state index in [1.165, 1.54) is 0 Å². The molecule has 0 radical (unpaired) electrons. The standard InChI is InChI=1S/C24H18N6/c1-15-6-7-16(13-25)11-21(15)30-23-18-12-17(19-5-3-4-10-27-19)8-9-20(18)28-14-22(23)29(2)24(30)26/h3-12,14,26H,1-2H3. The molecule has 0 aliphatic heterocycles. The van der Waals surface area contributed by atoms with Crippen molar-refractivity contribution in [1.29, 1.82) is 10.7 Å². The summed E-state index contributed by atoms with van der Waals surface area (Å²) in [5.41, 5.74) is 7.15. The Labute approximate surface area is 172 Å². The van der Waals surface area contributed by atoms with Crippen LogP contribution in [0, 0.1) is 23.7 Å². The van der Waals surface area contributed by atoms with Crippen LogP contribution in [-0.2, 0) is 7.05 Å². The van der Waals surface area contributed by atoms with Gasteiger partial charge in [0.1, 0.15) is 0 Å². The van der Waals surface area contributed by atoms with Gasteiger partial charge >= 0.3 is 0 Å². The third kappa shape index (κ3) is 2.60. The van der Waals surface area contributed by atoms with Gasteiger partial charge in [0, 0.05) is 24.2 Å². The predicted octanol–water partition coefficient (Wildman–Crippen LogP) is 4.24. The first-order chi connectivity index (χ1) is 14.6. The zero-order chi connectivity index (χ0) is 20.8. The van der Waals surface area contributed by atoms with E-state index in [-0.39, 0.29) is 0 Å². The van der Waals surface area contributed by atoms with Crippen LogP contribution in [0.1, 0.15) is 11.1 Å². The lowest BCUT2D eigenvalue weighted by molar-refractivity contribution is 0.786. The molecule has 0 bridgehead atoms. The third-order valence-corrected chi connectivity index (χ3v) is 5.47. The molecule has 0 spiro atoms. The molecule has 0 saturated heterocycles. The topological polar surface area (TPSA) is 83.3 Å². The molecule has 30 heavy (non-hydrogen) atoms. The quantitative estimate of drug-likeness (QED) is 0.489. The number of fused-ring (bicyclic) bond motifs is 3. The summed E-state index contributed by atoms with van der Waals surface area (Å²) in [6.07, 6.45) is 3.58. The number of aryl methyl sites for hydroxylation is 2. The number of nitriles is 1. The summed E-state index contributed by atoms with van der Waals surface area (Å²) in [4.78, 5) is 9.09. The van der Waals surface area contributed by atoms with Crippen molar-refractivity contribution in [2.45, 2.75) is 6.92 Å². The molecule has 3 aromatic heterocycles. The second kappa shape index (κ2) is 6.68. The maximum Gasteiger partial charge on any atom is 0.207 e. The average Bonchev–Trinajstić information content (AvgIpc) is 3.05. The minimum Gasteiger partial charge on any atom is -0.312 e. The van der Waals surface area contributed by atoms with Crippen LogP contribution in [0.4, 0.5) is 0 Å². The third-order valence-electron chi connectivity index (χ3n) is 5.47. The molecule has 0 unspecified atom stereocenters. The normalized spacial score (nSPS) is 11.1. The second-order valence-electron chi connectivity index (χ2n) is 7.27. The monoisotopic (exact) mass is 390 g/mol. The highest BCUT2D eigenvalue weighted by molar-refractivity contribution is 6.04. The number of hydrogen-bond donors (Lipinski definition) is 1. The van der Waals surface area contributed by atoms with E-state index >= 15 is 0 Å². The van der Waals surface area contributed by atoms with Gasteiger partial charge in [-0.05, 0) is 48.9 Å². The molecular weight excluding hydrogens is 372 g/mol. The molecule has 0 amide bonds. The van der Waals surface area contributed by atoms with E-state index in [2.05, 4.69) is 22.1 Å². The molecule has 5 aromatic rings. The Bertz CT molecular complexity index is 1530. The molecule has 3 heterocycles. The van der Waals surface area contributed by atoms with Crippen LogP contribution in [0.25, 0.3) is 38.9 Å². The Kier molecular flexibility index (Phi) is 3.97. The molecule has 1 N–H and O–H groups in total. The van der Waals surface area contributed by atoms with Crippen molar-refractivity contribution in [2.24, 2.45) is 7.05 Å². The van der Waals surface area contributed by atoms with Gasteiger partial charge in [-0.2, -0.15) is 5.26 Å². The highest BCUT2D eigenvalue weighted by atomic mass is 15.2. The fourth-order valence-corrected chi connectivity index (χ4v) is 3.87. The van der Waals surface area contributed by atoms with Crippen molar-refractivity contribution in [3.8, 4) is 23.0 Å². The van der Waals surface area contributed by atoms with Gasteiger partial charge in [-0.3, -0.25) is 19.9 Å². The van der Waals surface area contributed by atoms with E-state index in [9.17, 15) is 5.26 Å². The van der Waals surface area contributed by atoms with Crippen LogP contribution in [-0.4, -0.2) is 19.1 Å². The maximum absolute atomic E-state index is 9.39. The summed E-state index contributed by atoms with van der Waals surface area (Å²) in [5, 5.41) is 19.1. The number of hydrogen-bond acceptors (Lipinski definition) is 4. The lowest BCUT2D eigenvalue weighted by Gasteiger charge is -2.11. The van der Waals surface area contributed by atoms with E-state index in [4.69, 9.17) is 5.41 Å². The average molecular weight is 390 g/mol. The maximum atomic E-state index is 9.39. The first-order valence-corrected chi connectivity index (χ1v) is 9.56. The van der Waals surface area contributed by atoms with E-state index < -0.39 is 0 Å². The van der Waals surface area contributed by atoms with Gasteiger partial charge in [-0.15, -0.1) is 0 Å². The summed E-state index contributed by atoms with van der Waals surface area (Å²) in [5.74, 6) is 0.